The summed E-state index contributed by atoms with van der Waals surface area (Å²) in [6.45, 7) is 2.02. The van der Waals surface area contributed by atoms with Crippen molar-refractivity contribution in [3.8, 4) is 22.3 Å². The van der Waals surface area contributed by atoms with Crippen molar-refractivity contribution in [2.75, 3.05) is 20.6 Å². The molecule has 0 aliphatic carbocycles. The summed E-state index contributed by atoms with van der Waals surface area (Å²) in [5, 5.41) is 1.88. The molecule has 0 bridgehead atoms. The summed E-state index contributed by atoms with van der Waals surface area (Å²) in [6.07, 6.45) is 7.15. The molecule has 0 amide bonds. The summed E-state index contributed by atoms with van der Waals surface area (Å²) in [4.78, 5) is 6.72. The van der Waals surface area contributed by atoms with Crippen molar-refractivity contribution >= 4 is 22.5 Å². The van der Waals surface area contributed by atoms with Gasteiger partial charge < -0.3 is 9.47 Å². The Morgan fingerprint density at radius 2 is 1.71 bits per heavy atom. The molecule has 0 unspecified atom stereocenters. The molecule has 2 aromatic carbocycles. The van der Waals surface area contributed by atoms with Crippen LogP contribution in [-0.2, 0) is 6.54 Å². The summed E-state index contributed by atoms with van der Waals surface area (Å²) in [6, 6.07) is 18.7. The van der Waals surface area contributed by atoms with Crippen molar-refractivity contribution in [1.29, 1.82) is 0 Å². The number of aryl methyl sites for hydroxylation is 1. The van der Waals surface area contributed by atoms with Crippen molar-refractivity contribution in [2.45, 2.75) is 13.0 Å². The van der Waals surface area contributed by atoms with E-state index in [0.29, 0.717) is 0 Å². The predicted molar refractivity (Wildman–Crippen MR) is 119 cm³/mol. The first-order valence-corrected chi connectivity index (χ1v) is 9.94. The summed E-state index contributed by atoms with van der Waals surface area (Å²) in [7, 11) is 4.22. The number of hydrogen-bond donors (Lipinski definition) is 0. The lowest BCUT2D eigenvalue weighted by Gasteiger charge is -2.10. The Hall–Kier alpha value is -2.62. The summed E-state index contributed by atoms with van der Waals surface area (Å²) in [5.74, 6) is 0. The Kier molecular flexibility index (Phi) is 5.47. The smallest absolute Gasteiger partial charge is 0.0506 e. The van der Waals surface area contributed by atoms with E-state index >= 15 is 0 Å². The second-order valence-electron chi connectivity index (χ2n) is 7.36. The van der Waals surface area contributed by atoms with E-state index in [2.05, 4.69) is 71.1 Å². The van der Waals surface area contributed by atoms with Gasteiger partial charge in [0, 0.05) is 47.2 Å². The Labute approximate surface area is 171 Å². The van der Waals surface area contributed by atoms with E-state index in [9.17, 15) is 0 Å². The van der Waals surface area contributed by atoms with Crippen molar-refractivity contribution in [1.82, 2.24) is 14.5 Å². The Morgan fingerprint density at radius 3 is 2.50 bits per heavy atom. The quantitative estimate of drug-likeness (QED) is 0.404. The van der Waals surface area contributed by atoms with Crippen LogP contribution in [0.2, 0.25) is 5.02 Å². The lowest BCUT2D eigenvalue weighted by Crippen LogP contribution is -2.14. The summed E-state index contributed by atoms with van der Waals surface area (Å²) >= 11 is 6.62. The molecule has 0 spiro atoms. The maximum absolute atomic E-state index is 6.62. The molecule has 0 aliphatic rings. The second kappa shape index (κ2) is 8.17. The minimum absolute atomic E-state index is 0.781. The molecule has 0 atom stereocenters. The molecule has 0 N–H and O–H groups in total. The van der Waals surface area contributed by atoms with Gasteiger partial charge in [-0.3, -0.25) is 4.98 Å². The molecule has 0 saturated heterocycles. The summed E-state index contributed by atoms with van der Waals surface area (Å²) in [5.41, 5.74) is 5.67. The van der Waals surface area contributed by atoms with E-state index in [4.69, 9.17) is 11.6 Å². The van der Waals surface area contributed by atoms with Gasteiger partial charge in [-0.25, -0.2) is 0 Å². The molecule has 3 nitrogen and oxygen atoms in total. The summed E-state index contributed by atoms with van der Waals surface area (Å²) < 4.78 is 2.31. The topological polar surface area (TPSA) is 21.1 Å². The third-order valence-electron chi connectivity index (χ3n) is 5.02. The lowest BCUT2D eigenvalue weighted by molar-refractivity contribution is 0.388. The minimum atomic E-state index is 0.781. The average Bonchev–Trinajstić information content (AvgIpc) is 3.09. The zero-order valence-corrected chi connectivity index (χ0v) is 17.0. The first kappa shape index (κ1) is 18.7. The Balaban J connectivity index is 1.78. The number of benzene rings is 2. The van der Waals surface area contributed by atoms with Gasteiger partial charge in [-0.1, -0.05) is 48.0 Å². The van der Waals surface area contributed by atoms with Gasteiger partial charge >= 0.3 is 0 Å². The molecule has 4 aromatic rings. The van der Waals surface area contributed by atoms with Crippen LogP contribution in [0.15, 0.2) is 73.2 Å². The van der Waals surface area contributed by atoms with Crippen LogP contribution in [0, 0.1) is 0 Å². The largest absolute Gasteiger partial charge is 0.347 e. The molecule has 0 fully saturated rings. The van der Waals surface area contributed by atoms with Gasteiger partial charge in [-0.15, -0.1) is 0 Å². The lowest BCUT2D eigenvalue weighted by atomic mass is 10.0. The van der Waals surface area contributed by atoms with Gasteiger partial charge in [0.1, 0.15) is 0 Å². The fraction of sp³-hybridized carbons (Fsp3) is 0.208. The Morgan fingerprint density at radius 1 is 0.929 bits per heavy atom. The van der Waals surface area contributed by atoms with E-state index in [1.807, 2.05) is 30.6 Å². The second-order valence-corrected chi connectivity index (χ2v) is 7.76. The highest BCUT2D eigenvalue weighted by Crippen LogP contribution is 2.36. The molecule has 0 aliphatic heterocycles. The molecule has 28 heavy (non-hydrogen) atoms. The van der Waals surface area contributed by atoms with E-state index in [1.54, 1.807) is 0 Å². The number of rotatable bonds is 6. The maximum atomic E-state index is 6.62. The molecule has 0 radical (unpaired) electrons. The van der Waals surface area contributed by atoms with Crippen molar-refractivity contribution in [2.24, 2.45) is 0 Å². The van der Waals surface area contributed by atoms with E-state index < -0.39 is 0 Å². The van der Waals surface area contributed by atoms with E-state index in [-0.39, 0.29) is 0 Å². The highest BCUT2D eigenvalue weighted by atomic mass is 35.5. The van der Waals surface area contributed by atoms with Crippen LogP contribution in [0.1, 0.15) is 6.42 Å². The van der Waals surface area contributed by atoms with Crippen LogP contribution < -0.4 is 0 Å². The first-order valence-electron chi connectivity index (χ1n) is 9.56. The van der Waals surface area contributed by atoms with Gasteiger partial charge in [-0.2, -0.15) is 0 Å². The molecular weight excluding hydrogens is 366 g/mol. The van der Waals surface area contributed by atoms with Crippen LogP contribution in [0.5, 0.6) is 0 Å². The Bertz CT molecular complexity index is 1080. The predicted octanol–water partition coefficient (Wildman–Crippen LogP) is 5.98. The van der Waals surface area contributed by atoms with Gasteiger partial charge in [0.15, 0.2) is 0 Å². The molecule has 4 rings (SSSR count). The number of halogens is 1. The van der Waals surface area contributed by atoms with Crippen LogP contribution in [0.25, 0.3) is 33.2 Å². The molecule has 2 heterocycles. The number of hydrogen-bond acceptors (Lipinski definition) is 2. The highest BCUT2D eigenvalue weighted by molar-refractivity contribution is 6.36. The number of fused-ring (bicyclic) bond motifs is 1. The molecule has 0 saturated carbocycles. The third-order valence-corrected chi connectivity index (χ3v) is 5.33. The molecule has 4 heteroatoms. The van der Waals surface area contributed by atoms with Crippen molar-refractivity contribution < 1.29 is 0 Å². The fourth-order valence-electron chi connectivity index (χ4n) is 3.65. The number of nitrogens with zero attached hydrogens (tertiary/aromatic N) is 3. The number of aromatic nitrogens is 2. The maximum Gasteiger partial charge on any atom is 0.0506 e. The van der Waals surface area contributed by atoms with Crippen LogP contribution >= 0.6 is 11.6 Å². The highest BCUT2D eigenvalue weighted by Gasteiger charge is 2.14. The van der Waals surface area contributed by atoms with E-state index in [0.717, 1.165) is 52.2 Å². The minimum Gasteiger partial charge on any atom is -0.347 e. The van der Waals surface area contributed by atoms with Crippen LogP contribution in [0.4, 0.5) is 0 Å². The average molecular weight is 390 g/mol. The van der Waals surface area contributed by atoms with Gasteiger partial charge in [-0.05, 0) is 50.8 Å². The van der Waals surface area contributed by atoms with Gasteiger partial charge in [0.25, 0.3) is 0 Å². The van der Waals surface area contributed by atoms with Crippen LogP contribution in [0.3, 0.4) is 0 Å². The normalized spacial score (nSPS) is 11.4. The van der Waals surface area contributed by atoms with Crippen LogP contribution in [-0.4, -0.2) is 35.1 Å². The standard InChI is InChI=1S/C24H24ClN3/c1-27(2)12-7-13-28-17-21(24-22(25)10-6-11-23(24)28)20-14-19(15-26-16-20)18-8-4-3-5-9-18/h3-6,8-11,14-17H,7,12-13H2,1-2H3. The third kappa shape index (κ3) is 3.82. The van der Waals surface area contributed by atoms with Crippen molar-refractivity contribution in [3.05, 3.63) is 78.2 Å². The van der Waals surface area contributed by atoms with Gasteiger partial charge in [0.05, 0.1) is 10.5 Å². The zero-order valence-electron chi connectivity index (χ0n) is 16.3. The number of pyridine rings is 1. The van der Waals surface area contributed by atoms with Gasteiger partial charge in [0.2, 0.25) is 0 Å². The van der Waals surface area contributed by atoms with Crippen molar-refractivity contribution in [3.63, 3.8) is 0 Å². The monoisotopic (exact) mass is 389 g/mol. The fourth-order valence-corrected chi connectivity index (χ4v) is 3.92. The molecule has 142 valence electrons. The zero-order chi connectivity index (χ0) is 19.5. The SMILES string of the molecule is CN(C)CCCn1cc(-c2cncc(-c3ccccc3)c2)c2c(Cl)cccc21. The van der Waals surface area contributed by atoms with E-state index in [1.165, 1.54) is 5.52 Å². The first-order chi connectivity index (χ1) is 13.6. The molecule has 2 aromatic heterocycles. The molecular formula is C24H24ClN3.